The van der Waals surface area contributed by atoms with Gasteiger partial charge in [-0.2, -0.15) is 0 Å². The first-order valence-electron chi connectivity index (χ1n) is 2.21. The Hall–Kier alpha value is 0.439. The second-order valence-electron chi connectivity index (χ2n) is 1.06. The van der Waals surface area contributed by atoms with Crippen molar-refractivity contribution in [3.05, 3.63) is 0 Å². The van der Waals surface area contributed by atoms with Gasteiger partial charge in [0, 0.05) is 0 Å². The van der Waals surface area contributed by atoms with E-state index >= 15 is 0 Å². The summed E-state index contributed by atoms with van der Waals surface area (Å²) >= 11 is 0.476. The van der Waals surface area contributed by atoms with Crippen LogP contribution < -0.4 is 0 Å². The van der Waals surface area contributed by atoms with E-state index < -0.39 is 0 Å². The van der Waals surface area contributed by atoms with E-state index in [0.29, 0.717) is 15.0 Å². The summed E-state index contributed by atoms with van der Waals surface area (Å²) in [6.45, 7) is 0.556. The fraction of sp³-hybridized carbons (Fsp3) is 1.00. The molecule has 0 heterocycles. The van der Waals surface area contributed by atoms with Crippen LogP contribution in [0.15, 0.2) is 0 Å². The zero-order valence-corrected chi connectivity index (χ0v) is 5.84. The van der Waals surface area contributed by atoms with Crippen LogP contribution in [0.5, 0.6) is 0 Å². The van der Waals surface area contributed by atoms with Crippen molar-refractivity contribution in [1.29, 1.82) is 0 Å². The van der Waals surface area contributed by atoms with Crippen LogP contribution >= 0.6 is 0 Å². The SMILES string of the molecule is OCC[Se]CCO. The van der Waals surface area contributed by atoms with E-state index in [2.05, 4.69) is 0 Å². The second kappa shape index (κ2) is 6.44. The van der Waals surface area contributed by atoms with Crippen LogP contribution in [0.3, 0.4) is 0 Å². The van der Waals surface area contributed by atoms with E-state index in [4.69, 9.17) is 10.2 Å². The topological polar surface area (TPSA) is 40.5 Å². The van der Waals surface area contributed by atoms with E-state index in [0.717, 1.165) is 10.6 Å². The standard InChI is InChI=1S/C4H10O2Se/c5-1-3-7-4-2-6/h5-6H,1-4H2. The molecule has 44 valence electrons. The van der Waals surface area contributed by atoms with Crippen LogP contribution in [0.2, 0.25) is 10.6 Å². The predicted octanol–water partition coefficient (Wildman–Crippen LogP) is -0.488. The molecule has 0 radical (unpaired) electrons. The molecule has 2 nitrogen and oxygen atoms in total. The fourth-order valence-corrected chi connectivity index (χ4v) is 1.20. The molecule has 0 amide bonds. The molecule has 0 aromatic heterocycles. The molecule has 7 heavy (non-hydrogen) atoms. The third kappa shape index (κ3) is 6.44. The van der Waals surface area contributed by atoms with Gasteiger partial charge < -0.3 is 0 Å². The maximum absolute atomic E-state index is 8.23. The van der Waals surface area contributed by atoms with Crippen LogP contribution in [0, 0.1) is 0 Å². The van der Waals surface area contributed by atoms with Crippen LogP contribution in [-0.2, 0) is 0 Å². The zero-order valence-electron chi connectivity index (χ0n) is 4.13. The Morgan fingerprint density at radius 1 is 1.00 bits per heavy atom. The van der Waals surface area contributed by atoms with Gasteiger partial charge in [0.2, 0.25) is 0 Å². The number of rotatable bonds is 4. The minimum absolute atomic E-state index is 0.278. The van der Waals surface area contributed by atoms with E-state index in [1.54, 1.807) is 0 Å². The average Bonchev–Trinajstić information content (AvgIpc) is 1.69. The van der Waals surface area contributed by atoms with E-state index in [-0.39, 0.29) is 13.2 Å². The van der Waals surface area contributed by atoms with Crippen molar-refractivity contribution in [1.82, 2.24) is 0 Å². The molecule has 0 unspecified atom stereocenters. The first kappa shape index (κ1) is 7.44. The van der Waals surface area contributed by atoms with Gasteiger partial charge in [0.15, 0.2) is 0 Å². The third-order valence-electron chi connectivity index (χ3n) is 0.471. The number of hydrogen-bond acceptors (Lipinski definition) is 2. The summed E-state index contributed by atoms with van der Waals surface area (Å²) in [7, 11) is 0. The molecule has 0 bridgehead atoms. The van der Waals surface area contributed by atoms with Gasteiger partial charge in [-0.1, -0.05) is 0 Å². The Morgan fingerprint density at radius 2 is 1.43 bits per heavy atom. The second-order valence-corrected chi connectivity index (χ2v) is 3.63. The summed E-state index contributed by atoms with van der Waals surface area (Å²) < 4.78 is 0. The van der Waals surface area contributed by atoms with Crippen molar-refractivity contribution in [3.8, 4) is 0 Å². The minimum atomic E-state index is 0.278. The van der Waals surface area contributed by atoms with E-state index in [1.165, 1.54) is 0 Å². The molecule has 2 N–H and O–H groups in total. The Balaban J connectivity index is 2.45. The molecule has 3 heteroatoms. The molecule has 0 spiro atoms. The van der Waals surface area contributed by atoms with Gasteiger partial charge in [-0.05, 0) is 0 Å². The fourth-order valence-electron chi connectivity index (χ4n) is 0.231. The van der Waals surface area contributed by atoms with Crippen LogP contribution in [0.1, 0.15) is 0 Å². The Bertz CT molecular complexity index is 28.9. The molecule has 0 saturated carbocycles. The van der Waals surface area contributed by atoms with Gasteiger partial charge in [-0.25, -0.2) is 0 Å². The van der Waals surface area contributed by atoms with Crippen molar-refractivity contribution in [2.75, 3.05) is 13.2 Å². The molecule has 0 aliphatic heterocycles. The summed E-state index contributed by atoms with van der Waals surface area (Å²) in [6.07, 6.45) is 0. The van der Waals surface area contributed by atoms with E-state index in [1.807, 2.05) is 0 Å². The van der Waals surface area contributed by atoms with Crippen LogP contribution in [-0.4, -0.2) is 38.4 Å². The van der Waals surface area contributed by atoms with Gasteiger partial charge in [0.1, 0.15) is 0 Å². The van der Waals surface area contributed by atoms with Gasteiger partial charge in [0.25, 0.3) is 0 Å². The van der Waals surface area contributed by atoms with E-state index in [9.17, 15) is 0 Å². The Kier molecular flexibility index (Phi) is 6.84. The number of aliphatic hydroxyl groups is 2. The molecule has 0 aromatic carbocycles. The summed E-state index contributed by atoms with van der Waals surface area (Å²) in [5.74, 6) is 0. The monoisotopic (exact) mass is 170 g/mol. The quantitative estimate of drug-likeness (QED) is 0.440. The van der Waals surface area contributed by atoms with Gasteiger partial charge >= 0.3 is 49.0 Å². The molecule has 0 rings (SSSR count). The number of aliphatic hydroxyl groups excluding tert-OH is 2. The molecule has 0 atom stereocenters. The molecule has 0 saturated heterocycles. The summed E-state index contributed by atoms with van der Waals surface area (Å²) in [4.78, 5) is 0. The first-order chi connectivity index (χ1) is 3.41. The first-order valence-corrected chi connectivity index (χ1v) is 4.63. The maximum atomic E-state index is 8.23. The van der Waals surface area contributed by atoms with Crippen LogP contribution in [0.25, 0.3) is 0 Å². The zero-order chi connectivity index (χ0) is 5.54. The van der Waals surface area contributed by atoms with Crippen molar-refractivity contribution in [2.24, 2.45) is 0 Å². The van der Waals surface area contributed by atoms with Crippen molar-refractivity contribution >= 4 is 15.0 Å². The molecule has 0 aliphatic rings. The van der Waals surface area contributed by atoms with Gasteiger partial charge in [-0.3, -0.25) is 0 Å². The van der Waals surface area contributed by atoms with Crippen molar-refractivity contribution < 1.29 is 10.2 Å². The Morgan fingerprint density at radius 3 is 1.71 bits per heavy atom. The summed E-state index contributed by atoms with van der Waals surface area (Å²) in [5.41, 5.74) is 0. The summed E-state index contributed by atoms with van der Waals surface area (Å²) in [6, 6.07) is 0. The number of hydrogen-bond donors (Lipinski definition) is 2. The normalized spacial score (nSPS) is 9.43. The van der Waals surface area contributed by atoms with Gasteiger partial charge in [-0.15, -0.1) is 0 Å². The summed E-state index contributed by atoms with van der Waals surface area (Å²) in [5, 5.41) is 18.2. The van der Waals surface area contributed by atoms with Crippen LogP contribution in [0.4, 0.5) is 0 Å². The molecular weight excluding hydrogens is 159 g/mol. The average molecular weight is 169 g/mol. The third-order valence-corrected chi connectivity index (χ3v) is 2.45. The molecule has 0 aliphatic carbocycles. The molecule has 0 aromatic rings. The Labute approximate surface area is 49.7 Å². The van der Waals surface area contributed by atoms with Gasteiger partial charge in [0.05, 0.1) is 0 Å². The van der Waals surface area contributed by atoms with Crippen molar-refractivity contribution in [2.45, 2.75) is 10.6 Å². The predicted molar refractivity (Wildman–Crippen MR) is 29.5 cm³/mol. The van der Waals surface area contributed by atoms with Crippen molar-refractivity contribution in [3.63, 3.8) is 0 Å². The molecule has 0 fully saturated rings. The molecular formula is C4H10O2Se.